The fraction of sp³-hybridized carbons (Fsp3) is 0.450. The molecule has 0 fully saturated rings. The number of hydrogen-bond acceptors (Lipinski definition) is 6. The average molecular weight is 424 g/mol. The molecule has 162 valence electrons. The molecule has 0 saturated carbocycles. The van der Waals surface area contributed by atoms with E-state index in [0.29, 0.717) is 5.56 Å². The molecule has 2 rings (SSSR count). The number of ether oxygens (including phenoxy) is 1. The van der Waals surface area contributed by atoms with Crippen molar-refractivity contribution >= 4 is 11.7 Å². The number of ketones is 1. The van der Waals surface area contributed by atoms with Gasteiger partial charge in [0.05, 0.1) is 25.5 Å². The summed E-state index contributed by atoms with van der Waals surface area (Å²) in [5, 5.41) is 2.75. The summed E-state index contributed by atoms with van der Waals surface area (Å²) in [6.45, 7) is 4.77. The van der Waals surface area contributed by atoms with Crippen LogP contribution < -0.4 is 10.1 Å². The van der Waals surface area contributed by atoms with Crippen LogP contribution in [0.4, 0.5) is 13.2 Å². The molecule has 0 bridgehead atoms. The minimum atomic E-state index is -4.29. The predicted molar refractivity (Wildman–Crippen MR) is 102 cm³/mol. The van der Waals surface area contributed by atoms with Crippen molar-refractivity contribution in [2.75, 3.05) is 6.61 Å². The van der Waals surface area contributed by atoms with Gasteiger partial charge in [0, 0.05) is 24.4 Å². The second-order valence-electron chi connectivity index (χ2n) is 6.99. The number of alkyl halides is 3. The predicted octanol–water partition coefficient (Wildman–Crippen LogP) is 3.46. The number of amides is 1. The third kappa shape index (κ3) is 7.41. The van der Waals surface area contributed by atoms with Crippen LogP contribution in [0, 0.1) is 5.92 Å². The smallest absolute Gasteiger partial charge is 0.392 e. The van der Waals surface area contributed by atoms with Gasteiger partial charge in [-0.1, -0.05) is 19.9 Å². The number of halogens is 3. The van der Waals surface area contributed by atoms with Gasteiger partial charge in [0.25, 0.3) is 5.91 Å². The summed E-state index contributed by atoms with van der Waals surface area (Å²) in [6, 6.07) is 4.05. The second-order valence-corrected chi connectivity index (χ2v) is 6.99. The Balaban J connectivity index is 1.94. The quantitative estimate of drug-likeness (QED) is 0.663. The van der Waals surface area contributed by atoms with Gasteiger partial charge in [-0.3, -0.25) is 9.59 Å². The molecule has 0 spiro atoms. The molecule has 0 aromatic carbocycles. The number of aromatic nitrogens is 3. The molecule has 1 amide bonds. The lowest BCUT2D eigenvalue weighted by atomic mass is 10.1. The summed E-state index contributed by atoms with van der Waals surface area (Å²) in [6.07, 6.45) is -2.47. The fourth-order valence-corrected chi connectivity index (χ4v) is 2.33. The Morgan fingerprint density at radius 3 is 2.47 bits per heavy atom. The first kappa shape index (κ1) is 23.2. The van der Waals surface area contributed by atoms with Crippen molar-refractivity contribution in [3.63, 3.8) is 0 Å². The van der Waals surface area contributed by atoms with E-state index in [1.165, 1.54) is 24.5 Å². The average Bonchev–Trinajstić information content (AvgIpc) is 2.67. The van der Waals surface area contributed by atoms with Gasteiger partial charge in [-0.15, -0.1) is 0 Å². The summed E-state index contributed by atoms with van der Waals surface area (Å²) in [7, 11) is 0. The molecule has 1 N–H and O–H groups in total. The van der Waals surface area contributed by atoms with Crippen molar-refractivity contribution in [3.05, 3.63) is 47.7 Å². The third-order valence-corrected chi connectivity index (χ3v) is 4.16. The SMILES string of the molecule is CC(C)C(=O)Cc1nccc(C(=O)NC(C)c2ccc(OCCC(F)(F)F)nc2)n1. The summed E-state index contributed by atoms with van der Waals surface area (Å²) >= 11 is 0. The van der Waals surface area contributed by atoms with E-state index in [0.717, 1.165) is 0 Å². The number of carbonyl (C=O) groups excluding carboxylic acids is 2. The van der Waals surface area contributed by atoms with Crippen molar-refractivity contribution in [1.82, 2.24) is 20.3 Å². The zero-order chi connectivity index (χ0) is 22.3. The summed E-state index contributed by atoms with van der Waals surface area (Å²) in [5.74, 6) is -0.287. The van der Waals surface area contributed by atoms with E-state index >= 15 is 0 Å². The van der Waals surface area contributed by atoms with Crippen LogP contribution in [0.25, 0.3) is 0 Å². The Morgan fingerprint density at radius 1 is 1.13 bits per heavy atom. The Morgan fingerprint density at radius 2 is 1.87 bits per heavy atom. The molecule has 30 heavy (non-hydrogen) atoms. The molecule has 0 aliphatic heterocycles. The first-order valence-corrected chi connectivity index (χ1v) is 9.36. The fourth-order valence-electron chi connectivity index (χ4n) is 2.33. The normalized spacial score (nSPS) is 12.5. The van der Waals surface area contributed by atoms with Crippen LogP contribution in [-0.4, -0.2) is 39.4 Å². The maximum atomic E-state index is 12.5. The molecule has 0 aliphatic rings. The van der Waals surface area contributed by atoms with E-state index in [1.807, 2.05) is 0 Å². The van der Waals surface area contributed by atoms with Crippen molar-refractivity contribution in [3.8, 4) is 5.88 Å². The highest BCUT2D eigenvalue weighted by atomic mass is 19.4. The maximum Gasteiger partial charge on any atom is 0.392 e. The Bertz CT molecular complexity index is 870. The molecule has 2 aromatic heterocycles. The highest BCUT2D eigenvalue weighted by Crippen LogP contribution is 2.20. The van der Waals surface area contributed by atoms with Crippen LogP contribution in [0.15, 0.2) is 30.6 Å². The van der Waals surface area contributed by atoms with Gasteiger partial charge in [0.15, 0.2) is 0 Å². The monoisotopic (exact) mass is 424 g/mol. The van der Waals surface area contributed by atoms with Gasteiger partial charge in [-0.25, -0.2) is 15.0 Å². The number of carbonyl (C=O) groups is 2. The molecular weight excluding hydrogens is 401 g/mol. The highest BCUT2D eigenvalue weighted by Gasteiger charge is 2.27. The molecule has 0 radical (unpaired) electrons. The summed E-state index contributed by atoms with van der Waals surface area (Å²) in [4.78, 5) is 36.4. The van der Waals surface area contributed by atoms with Gasteiger partial charge in [-0.05, 0) is 18.6 Å². The van der Waals surface area contributed by atoms with Crippen LogP contribution in [0.3, 0.4) is 0 Å². The number of Topliss-reactive ketones (excluding diaryl/α,β-unsaturated/α-hetero) is 1. The molecule has 10 heteroatoms. The standard InChI is InChI=1S/C20H23F3N4O3/c1-12(2)16(28)10-17-24-8-6-15(27-17)19(29)26-13(3)14-4-5-18(25-11-14)30-9-7-20(21,22)23/h4-6,8,11-13H,7,9-10H2,1-3H3,(H,26,29). The molecule has 1 unspecified atom stereocenters. The lowest BCUT2D eigenvalue weighted by Gasteiger charge is -2.14. The Labute approximate surface area is 172 Å². The van der Waals surface area contributed by atoms with E-state index in [2.05, 4.69) is 20.3 Å². The zero-order valence-electron chi connectivity index (χ0n) is 16.9. The largest absolute Gasteiger partial charge is 0.477 e. The lowest BCUT2D eigenvalue weighted by Crippen LogP contribution is -2.28. The summed E-state index contributed by atoms with van der Waals surface area (Å²) in [5.41, 5.74) is 0.763. The lowest BCUT2D eigenvalue weighted by molar-refractivity contribution is -0.139. The highest BCUT2D eigenvalue weighted by molar-refractivity contribution is 5.92. The van der Waals surface area contributed by atoms with Crippen LogP contribution >= 0.6 is 0 Å². The van der Waals surface area contributed by atoms with Gasteiger partial charge in [-0.2, -0.15) is 13.2 Å². The number of hydrogen-bond donors (Lipinski definition) is 1. The van der Waals surface area contributed by atoms with E-state index in [4.69, 9.17) is 4.74 Å². The van der Waals surface area contributed by atoms with Gasteiger partial charge >= 0.3 is 6.18 Å². The number of pyridine rings is 1. The van der Waals surface area contributed by atoms with Crippen molar-refractivity contribution < 1.29 is 27.5 Å². The first-order valence-electron chi connectivity index (χ1n) is 9.36. The van der Waals surface area contributed by atoms with E-state index < -0.39 is 31.2 Å². The summed E-state index contributed by atoms with van der Waals surface area (Å²) < 4.78 is 41.4. The van der Waals surface area contributed by atoms with Crippen LogP contribution in [-0.2, 0) is 11.2 Å². The van der Waals surface area contributed by atoms with E-state index in [9.17, 15) is 22.8 Å². The number of nitrogens with one attached hydrogen (secondary N) is 1. The van der Waals surface area contributed by atoms with Crippen LogP contribution in [0.5, 0.6) is 5.88 Å². The molecule has 0 saturated heterocycles. The van der Waals surface area contributed by atoms with Crippen molar-refractivity contribution in [1.29, 1.82) is 0 Å². The molecule has 1 atom stereocenters. The van der Waals surface area contributed by atoms with Gasteiger partial charge in [0.1, 0.15) is 17.3 Å². The second kappa shape index (κ2) is 10.1. The number of nitrogens with zero attached hydrogens (tertiary/aromatic N) is 3. The first-order chi connectivity index (χ1) is 14.0. The van der Waals surface area contributed by atoms with Crippen molar-refractivity contribution in [2.24, 2.45) is 5.92 Å². The molecule has 7 nitrogen and oxygen atoms in total. The third-order valence-electron chi connectivity index (χ3n) is 4.16. The molecule has 0 aliphatic carbocycles. The minimum Gasteiger partial charge on any atom is -0.477 e. The van der Waals surface area contributed by atoms with Crippen molar-refractivity contribution in [2.45, 2.75) is 45.8 Å². The zero-order valence-corrected chi connectivity index (χ0v) is 16.9. The van der Waals surface area contributed by atoms with E-state index in [1.54, 1.807) is 26.8 Å². The van der Waals surface area contributed by atoms with Gasteiger partial charge < -0.3 is 10.1 Å². The maximum absolute atomic E-state index is 12.5. The molecule has 2 heterocycles. The van der Waals surface area contributed by atoms with Gasteiger partial charge in [0.2, 0.25) is 5.88 Å². The van der Waals surface area contributed by atoms with E-state index in [-0.39, 0.29) is 35.5 Å². The Kier molecular flexibility index (Phi) is 7.85. The number of rotatable bonds is 9. The molecular formula is C20H23F3N4O3. The topological polar surface area (TPSA) is 94.1 Å². The molecule has 2 aromatic rings. The Hall–Kier alpha value is -3.04. The van der Waals surface area contributed by atoms with Crippen LogP contribution in [0.1, 0.15) is 55.1 Å². The minimum absolute atomic E-state index is 0.0236. The van der Waals surface area contributed by atoms with Crippen LogP contribution in [0.2, 0.25) is 0 Å².